The van der Waals surface area contributed by atoms with Gasteiger partial charge in [0.1, 0.15) is 0 Å². The Kier molecular flexibility index (Phi) is 7.39. The molecule has 2 rings (SSSR count). The quantitative estimate of drug-likeness (QED) is 0.526. The lowest BCUT2D eigenvalue weighted by Crippen LogP contribution is -2.30. The lowest BCUT2D eigenvalue weighted by Gasteiger charge is -2.14. The number of ether oxygens (including phenoxy) is 1. The van der Waals surface area contributed by atoms with Crippen molar-refractivity contribution in [2.45, 2.75) is 32.8 Å². The Balaban J connectivity index is 1.82. The van der Waals surface area contributed by atoms with Gasteiger partial charge in [-0.1, -0.05) is 53.0 Å². The van der Waals surface area contributed by atoms with Gasteiger partial charge in [0.05, 0.1) is 6.42 Å². The third-order valence-corrected chi connectivity index (χ3v) is 4.17. The van der Waals surface area contributed by atoms with Crippen LogP contribution in [-0.4, -0.2) is 23.8 Å². The van der Waals surface area contributed by atoms with E-state index in [1.54, 1.807) is 12.1 Å². The summed E-state index contributed by atoms with van der Waals surface area (Å²) in [6, 6.07) is 11.7. The second-order valence-corrected chi connectivity index (χ2v) is 6.94. The largest absolute Gasteiger partial charge is 0.453 e. The minimum Gasteiger partial charge on any atom is -0.453 e. The molecule has 0 aromatic heterocycles. The molecule has 27 heavy (non-hydrogen) atoms. The number of rotatable bonds is 7. The normalized spacial score (nSPS) is 11.6. The molecular formula is C20H19Cl2NO4. The number of amides is 1. The molecule has 0 saturated carbocycles. The molecule has 0 fully saturated rings. The summed E-state index contributed by atoms with van der Waals surface area (Å²) in [4.78, 5) is 36.1. The van der Waals surface area contributed by atoms with Crippen LogP contribution < -0.4 is 5.32 Å². The average Bonchev–Trinajstić information content (AvgIpc) is 2.59. The van der Waals surface area contributed by atoms with Crippen molar-refractivity contribution in [2.24, 2.45) is 0 Å². The van der Waals surface area contributed by atoms with Gasteiger partial charge in [0.2, 0.25) is 0 Å². The van der Waals surface area contributed by atoms with Gasteiger partial charge in [-0.3, -0.25) is 14.4 Å². The van der Waals surface area contributed by atoms with E-state index in [4.69, 9.17) is 27.9 Å². The van der Waals surface area contributed by atoms with Crippen molar-refractivity contribution in [3.63, 3.8) is 0 Å². The molecule has 1 atom stereocenters. The number of anilines is 1. The Morgan fingerprint density at radius 1 is 1.00 bits per heavy atom. The van der Waals surface area contributed by atoms with Crippen molar-refractivity contribution < 1.29 is 19.1 Å². The van der Waals surface area contributed by atoms with Gasteiger partial charge in [-0.15, -0.1) is 0 Å². The van der Waals surface area contributed by atoms with Gasteiger partial charge in [0, 0.05) is 27.7 Å². The minimum absolute atomic E-state index is 0.0140. The molecule has 1 unspecified atom stereocenters. The maximum absolute atomic E-state index is 12.1. The molecule has 0 spiro atoms. The molecule has 0 aliphatic rings. The first-order valence-electron chi connectivity index (χ1n) is 8.31. The smallest absolute Gasteiger partial charge is 0.307 e. The third-order valence-electron chi connectivity index (χ3n) is 3.74. The van der Waals surface area contributed by atoms with Crippen molar-refractivity contribution in [2.75, 3.05) is 5.32 Å². The van der Waals surface area contributed by atoms with Crippen LogP contribution in [0, 0.1) is 6.92 Å². The summed E-state index contributed by atoms with van der Waals surface area (Å²) < 4.78 is 5.08. The summed E-state index contributed by atoms with van der Waals surface area (Å²) in [6.45, 7) is 3.37. The van der Waals surface area contributed by atoms with Crippen molar-refractivity contribution in [1.29, 1.82) is 0 Å². The van der Waals surface area contributed by atoms with Gasteiger partial charge < -0.3 is 10.1 Å². The van der Waals surface area contributed by atoms with Crippen molar-refractivity contribution >= 4 is 46.5 Å². The predicted molar refractivity (Wildman–Crippen MR) is 105 cm³/mol. The molecular weight excluding hydrogens is 389 g/mol. The van der Waals surface area contributed by atoms with Crippen molar-refractivity contribution in [1.82, 2.24) is 0 Å². The molecule has 7 heteroatoms. The Bertz CT molecular complexity index is 829. The van der Waals surface area contributed by atoms with E-state index in [0.717, 1.165) is 5.56 Å². The zero-order chi connectivity index (χ0) is 20.0. The fourth-order valence-electron chi connectivity index (χ4n) is 2.28. The molecule has 0 aliphatic carbocycles. The summed E-state index contributed by atoms with van der Waals surface area (Å²) in [5.74, 6) is -1.30. The Morgan fingerprint density at radius 3 is 2.19 bits per heavy atom. The lowest BCUT2D eigenvalue weighted by molar-refractivity contribution is -0.153. The molecule has 2 aromatic carbocycles. The molecule has 0 aliphatic heterocycles. The number of halogens is 2. The van der Waals surface area contributed by atoms with E-state index in [1.165, 1.54) is 25.1 Å². The summed E-state index contributed by atoms with van der Waals surface area (Å²) in [7, 11) is 0. The molecule has 2 aromatic rings. The molecule has 1 amide bonds. The number of carbonyl (C=O) groups is 3. The van der Waals surface area contributed by atoms with Crippen molar-refractivity contribution in [3.05, 3.63) is 63.6 Å². The standard InChI is InChI=1S/C20H19Cl2NO4/c1-12-3-5-14(6-4-12)18(24)7-8-19(25)27-13(2)20(26)23-17-10-15(21)9-16(22)11-17/h3-6,9-11,13H,7-8H2,1-2H3,(H,23,26). The zero-order valence-corrected chi connectivity index (χ0v) is 16.4. The van der Waals surface area contributed by atoms with E-state index in [2.05, 4.69) is 5.32 Å². The molecule has 0 heterocycles. The van der Waals surface area contributed by atoms with Crippen LogP contribution >= 0.6 is 23.2 Å². The number of benzene rings is 2. The highest BCUT2D eigenvalue weighted by atomic mass is 35.5. The van der Waals surface area contributed by atoms with Crippen LogP contribution in [0.2, 0.25) is 10.0 Å². The minimum atomic E-state index is -1.02. The first-order valence-corrected chi connectivity index (χ1v) is 9.06. The van der Waals surface area contributed by atoms with Gasteiger partial charge in [-0.25, -0.2) is 0 Å². The Morgan fingerprint density at radius 2 is 1.59 bits per heavy atom. The highest BCUT2D eigenvalue weighted by molar-refractivity contribution is 6.35. The monoisotopic (exact) mass is 407 g/mol. The Labute approximate surface area is 167 Å². The van der Waals surface area contributed by atoms with Gasteiger partial charge in [0.25, 0.3) is 5.91 Å². The van der Waals surface area contributed by atoms with Crippen LogP contribution in [0.25, 0.3) is 0 Å². The molecule has 142 valence electrons. The summed E-state index contributed by atoms with van der Waals surface area (Å²) in [5, 5.41) is 3.32. The summed E-state index contributed by atoms with van der Waals surface area (Å²) >= 11 is 11.7. The number of hydrogen-bond donors (Lipinski definition) is 1. The number of nitrogens with one attached hydrogen (secondary N) is 1. The van der Waals surface area contributed by atoms with Crippen LogP contribution in [0.3, 0.4) is 0 Å². The highest BCUT2D eigenvalue weighted by Crippen LogP contribution is 2.22. The SMILES string of the molecule is Cc1ccc(C(=O)CCC(=O)OC(C)C(=O)Nc2cc(Cl)cc(Cl)c2)cc1. The summed E-state index contributed by atoms with van der Waals surface area (Å²) in [5.41, 5.74) is 1.98. The second kappa shape index (κ2) is 9.53. The van der Waals surface area contributed by atoms with Crippen LogP contribution in [-0.2, 0) is 14.3 Å². The van der Waals surface area contributed by atoms with Crippen molar-refractivity contribution in [3.8, 4) is 0 Å². The van der Waals surface area contributed by atoms with E-state index in [-0.39, 0.29) is 18.6 Å². The first kappa shape index (κ1) is 20.9. The topological polar surface area (TPSA) is 72.5 Å². The van der Waals surface area contributed by atoms with Gasteiger partial charge in [-0.05, 0) is 32.0 Å². The fraction of sp³-hybridized carbons (Fsp3) is 0.250. The van der Waals surface area contributed by atoms with E-state index in [9.17, 15) is 14.4 Å². The number of aryl methyl sites for hydroxylation is 1. The number of esters is 1. The second-order valence-electron chi connectivity index (χ2n) is 6.07. The number of hydrogen-bond acceptors (Lipinski definition) is 4. The maximum atomic E-state index is 12.1. The summed E-state index contributed by atoms with van der Waals surface area (Å²) in [6.07, 6.45) is -1.11. The van der Waals surface area contributed by atoms with E-state index in [0.29, 0.717) is 21.3 Å². The first-order chi connectivity index (χ1) is 12.7. The molecule has 1 N–H and O–H groups in total. The third kappa shape index (κ3) is 6.70. The van der Waals surface area contributed by atoms with Crippen LogP contribution in [0.5, 0.6) is 0 Å². The van der Waals surface area contributed by atoms with E-state index in [1.807, 2.05) is 19.1 Å². The van der Waals surface area contributed by atoms with Crippen LogP contribution in [0.1, 0.15) is 35.7 Å². The lowest BCUT2D eigenvalue weighted by atomic mass is 10.1. The van der Waals surface area contributed by atoms with E-state index >= 15 is 0 Å². The maximum Gasteiger partial charge on any atom is 0.307 e. The van der Waals surface area contributed by atoms with Gasteiger partial charge >= 0.3 is 5.97 Å². The highest BCUT2D eigenvalue weighted by Gasteiger charge is 2.19. The van der Waals surface area contributed by atoms with E-state index < -0.39 is 18.0 Å². The molecule has 5 nitrogen and oxygen atoms in total. The molecule has 0 saturated heterocycles. The number of ketones is 1. The van der Waals surface area contributed by atoms with Gasteiger partial charge in [-0.2, -0.15) is 0 Å². The fourth-order valence-corrected chi connectivity index (χ4v) is 2.80. The predicted octanol–water partition coefficient (Wildman–Crippen LogP) is 4.84. The number of carbonyl (C=O) groups excluding carboxylic acids is 3. The van der Waals surface area contributed by atoms with Crippen LogP contribution in [0.4, 0.5) is 5.69 Å². The molecule has 0 radical (unpaired) electrons. The molecule has 0 bridgehead atoms. The average molecular weight is 408 g/mol. The van der Waals surface area contributed by atoms with Crippen LogP contribution in [0.15, 0.2) is 42.5 Å². The Hall–Kier alpha value is -2.37. The number of Topliss-reactive ketones (excluding diaryl/α,β-unsaturated/α-hetero) is 1. The zero-order valence-electron chi connectivity index (χ0n) is 14.9. The van der Waals surface area contributed by atoms with Gasteiger partial charge in [0.15, 0.2) is 11.9 Å².